The van der Waals surface area contributed by atoms with E-state index < -0.39 is 34.1 Å². The highest BCUT2D eigenvalue weighted by Crippen LogP contribution is 2.43. The van der Waals surface area contributed by atoms with Crippen LogP contribution in [0.2, 0.25) is 5.02 Å². The van der Waals surface area contributed by atoms with E-state index in [0.29, 0.717) is 21.8 Å². The molecular weight excluding hydrogens is 422 g/mol. The van der Waals surface area contributed by atoms with Crippen molar-refractivity contribution >= 4 is 38.9 Å². The first-order valence-corrected chi connectivity index (χ1v) is 10.3. The van der Waals surface area contributed by atoms with E-state index in [4.69, 9.17) is 11.6 Å². The topological polar surface area (TPSA) is 66.5 Å². The maximum absolute atomic E-state index is 13.4. The van der Waals surface area contributed by atoms with Crippen LogP contribution in [0, 0.1) is 11.6 Å². The Balaban J connectivity index is 1.72. The average Bonchev–Trinajstić information content (AvgIpc) is 2.68. The second-order valence-electron chi connectivity index (χ2n) is 6.35. The minimum absolute atomic E-state index is 0.0139. The third kappa shape index (κ3) is 3.45. The molecule has 0 saturated heterocycles. The minimum Gasteiger partial charge on any atom is -0.324 e. The lowest BCUT2D eigenvalue weighted by Crippen LogP contribution is -2.40. The second-order valence-corrected chi connectivity index (χ2v) is 8.61. The predicted octanol–water partition coefficient (Wildman–Crippen LogP) is 4.43. The van der Waals surface area contributed by atoms with Crippen molar-refractivity contribution in [3.63, 3.8) is 0 Å². The molecule has 0 spiro atoms. The standard InChI is InChI=1S/C20H13ClF2N2O3S/c21-12-5-8-18-15(9-12)14-3-1-2-4-19(14)29(27,28)25(18)11-20(26)24-13-6-7-16(22)17(23)10-13/h1-10H,11H2,(H,24,26). The van der Waals surface area contributed by atoms with Crippen LogP contribution in [0.1, 0.15) is 0 Å². The highest BCUT2D eigenvalue weighted by Gasteiger charge is 2.35. The molecule has 0 aliphatic carbocycles. The number of nitrogens with zero attached hydrogens (tertiary/aromatic N) is 1. The van der Waals surface area contributed by atoms with Crippen LogP contribution in [0.3, 0.4) is 0 Å². The third-order valence-corrected chi connectivity index (χ3v) is 6.52. The number of sulfonamides is 1. The van der Waals surface area contributed by atoms with Gasteiger partial charge in [-0.25, -0.2) is 17.2 Å². The molecule has 9 heteroatoms. The van der Waals surface area contributed by atoms with Gasteiger partial charge in [-0.1, -0.05) is 29.8 Å². The number of benzene rings is 3. The second kappa shape index (κ2) is 7.13. The van der Waals surface area contributed by atoms with E-state index in [9.17, 15) is 22.0 Å². The molecule has 1 heterocycles. The van der Waals surface area contributed by atoms with E-state index in [1.807, 2.05) is 0 Å². The van der Waals surface area contributed by atoms with E-state index in [1.165, 1.54) is 24.3 Å². The number of carbonyl (C=O) groups excluding carboxylic acids is 1. The molecule has 0 saturated carbocycles. The number of halogens is 3. The first kappa shape index (κ1) is 19.4. The van der Waals surface area contributed by atoms with E-state index >= 15 is 0 Å². The van der Waals surface area contributed by atoms with Gasteiger partial charge >= 0.3 is 0 Å². The molecule has 29 heavy (non-hydrogen) atoms. The number of fused-ring (bicyclic) bond motifs is 3. The first-order valence-electron chi connectivity index (χ1n) is 8.44. The number of amides is 1. The van der Waals surface area contributed by atoms with Crippen LogP contribution in [-0.4, -0.2) is 20.9 Å². The molecule has 0 fully saturated rings. The summed E-state index contributed by atoms with van der Waals surface area (Å²) in [6, 6.07) is 14.0. The quantitative estimate of drug-likeness (QED) is 0.663. The molecule has 3 aromatic carbocycles. The monoisotopic (exact) mass is 434 g/mol. The lowest BCUT2D eigenvalue weighted by atomic mass is 10.0. The Morgan fingerprint density at radius 2 is 1.72 bits per heavy atom. The Morgan fingerprint density at radius 1 is 0.966 bits per heavy atom. The van der Waals surface area contributed by atoms with Gasteiger partial charge in [-0.15, -0.1) is 0 Å². The van der Waals surface area contributed by atoms with E-state index in [1.54, 1.807) is 24.3 Å². The normalized spacial score (nSPS) is 14.1. The molecule has 1 aliphatic heterocycles. The maximum Gasteiger partial charge on any atom is 0.265 e. The highest BCUT2D eigenvalue weighted by molar-refractivity contribution is 7.93. The van der Waals surface area contributed by atoms with Crippen molar-refractivity contribution in [3.05, 3.63) is 77.3 Å². The summed E-state index contributed by atoms with van der Waals surface area (Å²) >= 11 is 6.09. The van der Waals surface area contributed by atoms with Gasteiger partial charge in [0.15, 0.2) is 11.6 Å². The Bertz CT molecular complexity index is 1250. The van der Waals surface area contributed by atoms with E-state index in [2.05, 4.69) is 5.32 Å². The van der Waals surface area contributed by atoms with Crippen LogP contribution >= 0.6 is 11.6 Å². The van der Waals surface area contributed by atoms with Crippen molar-refractivity contribution in [1.82, 2.24) is 0 Å². The van der Waals surface area contributed by atoms with Gasteiger partial charge in [0, 0.05) is 27.9 Å². The van der Waals surface area contributed by atoms with Crippen LogP contribution in [0.25, 0.3) is 11.1 Å². The van der Waals surface area contributed by atoms with Gasteiger partial charge in [0.25, 0.3) is 10.0 Å². The number of anilines is 2. The summed E-state index contributed by atoms with van der Waals surface area (Å²) in [4.78, 5) is 12.5. The number of hydrogen-bond acceptors (Lipinski definition) is 3. The van der Waals surface area contributed by atoms with Crippen LogP contribution in [0.4, 0.5) is 20.2 Å². The lowest BCUT2D eigenvalue weighted by molar-refractivity contribution is -0.114. The summed E-state index contributed by atoms with van der Waals surface area (Å²) in [5, 5.41) is 2.80. The number of carbonyl (C=O) groups is 1. The molecule has 3 aromatic rings. The zero-order chi connectivity index (χ0) is 20.8. The van der Waals surface area contributed by atoms with E-state index in [0.717, 1.165) is 16.4 Å². The fourth-order valence-corrected chi connectivity index (χ4v) is 5.00. The summed E-state index contributed by atoms with van der Waals surface area (Å²) in [7, 11) is -4.02. The highest BCUT2D eigenvalue weighted by atomic mass is 35.5. The zero-order valence-electron chi connectivity index (χ0n) is 14.7. The van der Waals surface area contributed by atoms with Crippen molar-refractivity contribution in [1.29, 1.82) is 0 Å². The third-order valence-electron chi connectivity index (χ3n) is 4.46. The molecule has 0 unspecified atom stereocenters. The molecule has 1 amide bonds. The van der Waals surface area contributed by atoms with Gasteiger partial charge in [0.2, 0.25) is 5.91 Å². The molecule has 0 atom stereocenters. The number of nitrogens with one attached hydrogen (secondary N) is 1. The number of rotatable bonds is 3. The number of hydrogen-bond donors (Lipinski definition) is 1. The van der Waals surface area contributed by atoms with Crippen LogP contribution in [-0.2, 0) is 14.8 Å². The molecule has 5 nitrogen and oxygen atoms in total. The molecule has 1 aliphatic rings. The van der Waals surface area contributed by atoms with Crippen molar-refractivity contribution in [2.24, 2.45) is 0 Å². The Morgan fingerprint density at radius 3 is 2.48 bits per heavy atom. The lowest BCUT2D eigenvalue weighted by Gasteiger charge is -2.31. The maximum atomic E-state index is 13.4. The summed E-state index contributed by atoms with van der Waals surface area (Å²) in [6.07, 6.45) is 0. The summed E-state index contributed by atoms with van der Waals surface area (Å²) in [5.41, 5.74) is 1.37. The molecule has 0 radical (unpaired) electrons. The molecule has 0 aromatic heterocycles. The fourth-order valence-electron chi connectivity index (χ4n) is 3.18. The summed E-state index contributed by atoms with van der Waals surface area (Å²) in [5.74, 6) is -2.88. The molecule has 148 valence electrons. The molecular formula is C20H13ClF2N2O3S. The smallest absolute Gasteiger partial charge is 0.265 e. The zero-order valence-corrected chi connectivity index (χ0v) is 16.3. The Kier molecular flexibility index (Phi) is 4.76. The SMILES string of the molecule is O=C(CN1c2ccc(Cl)cc2-c2ccccc2S1(=O)=O)Nc1ccc(F)c(F)c1. The Hall–Kier alpha value is -2.97. The van der Waals surface area contributed by atoms with Crippen LogP contribution in [0.5, 0.6) is 0 Å². The van der Waals surface area contributed by atoms with Crippen LogP contribution in [0.15, 0.2) is 65.6 Å². The average molecular weight is 435 g/mol. The first-order chi connectivity index (χ1) is 13.8. The van der Waals surface area contributed by atoms with Gasteiger partial charge in [0.1, 0.15) is 6.54 Å². The summed E-state index contributed by atoms with van der Waals surface area (Å²) in [6.45, 7) is -0.551. The van der Waals surface area contributed by atoms with Crippen molar-refractivity contribution in [3.8, 4) is 11.1 Å². The van der Waals surface area contributed by atoms with Gasteiger partial charge in [-0.2, -0.15) is 0 Å². The van der Waals surface area contributed by atoms with Crippen molar-refractivity contribution in [2.75, 3.05) is 16.2 Å². The Labute approximate surface area is 170 Å². The predicted molar refractivity (Wildman–Crippen MR) is 106 cm³/mol. The largest absolute Gasteiger partial charge is 0.324 e. The van der Waals surface area contributed by atoms with Gasteiger partial charge in [0.05, 0.1) is 10.6 Å². The van der Waals surface area contributed by atoms with Gasteiger partial charge in [-0.05, 0) is 36.4 Å². The molecule has 4 rings (SSSR count). The van der Waals surface area contributed by atoms with Crippen molar-refractivity contribution in [2.45, 2.75) is 4.90 Å². The molecule has 1 N–H and O–H groups in total. The van der Waals surface area contributed by atoms with E-state index in [-0.39, 0.29) is 10.6 Å². The molecule has 0 bridgehead atoms. The minimum atomic E-state index is -4.02. The van der Waals surface area contributed by atoms with Gasteiger partial charge < -0.3 is 5.32 Å². The summed E-state index contributed by atoms with van der Waals surface area (Å²) < 4.78 is 53.7. The van der Waals surface area contributed by atoms with Gasteiger partial charge in [-0.3, -0.25) is 9.10 Å². The van der Waals surface area contributed by atoms with Crippen molar-refractivity contribution < 1.29 is 22.0 Å². The van der Waals surface area contributed by atoms with Crippen LogP contribution < -0.4 is 9.62 Å². The fraction of sp³-hybridized carbons (Fsp3) is 0.0500.